The Hall–Kier alpha value is -1.67. The molecule has 0 aliphatic rings. The fourth-order valence-electron chi connectivity index (χ4n) is 1.76. The molecule has 0 unspecified atom stereocenters. The number of benzene rings is 2. The minimum absolute atomic E-state index is 0.322. The van der Waals surface area contributed by atoms with Crippen molar-refractivity contribution in [3.05, 3.63) is 58.4 Å². The van der Waals surface area contributed by atoms with E-state index < -0.39 is 0 Å². The molecule has 2 aromatic rings. The van der Waals surface area contributed by atoms with Gasteiger partial charge in [0.05, 0.1) is 0 Å². The second-order valence-corrected chi connectivity index (χ2v) is 4.25. The number of halogens is 2. The largest absolute Gasteiger partial charge is 0.298 e. The maximum atomic E-state index is 13.2. The molecule has 0 aliphatic carbocycles. The summed E-state index contributed by atoms with van der Waals surface area (Å²) in [5, 5.41) is 0.491. The number of carbonyl (C=O) groups excluding carboxylic acids is 1. The van der Waals surface area contributed by atoms with Crippen LogP contribution in [0.2, 0.25) is 5.02 Å². The summed E-state index contributed by atoms with van der Waals surface area (Å²) in [6, 6.07) is 9.51. The first-order chi connectivity index (χ1) is 8.11. The van der Waals surface area contributed by atoms with E-state index >= 15 is 0 Å². The molecule has 0 N–H and O–H groups in total. The summed E-state index contributed by atoms with van der Waals surface area (Å²) in [6.45, 7) is 1.87. The third-order valence-corrected chi connectivity index (χ3v) is 2.87. The Labute approximate surface area is 104 Å². The number of carbonyl (C=O) groups is 1. The van der Waals surface area contributed by atoms with Crippen molar-refractivity contribution in [2.75, 3.05) is 0 Å². The van der Waals surface area contributed by atoms with Crippen LogP contribution in [0.25, 0.3) is 11.1 Å². The Morgan fingerprint density at radius 2 is 1.88 bits per heavy atom. The van der Waals surface area contributed by atoms with Crippen molar-refractivity contribution >= 4 is 17.9 Å². The van der Waals surface area contributed by atoms with Crippen LogP contribution in [-0.2, 0) is 0 Å². The summed E-state index contributed by atoms with van der Waals surface area (Å²) in [5.41, 5.74) is 2.79. The van der Waals surface area contributed by atoms with Gasteiger partial charge >= 0.3 is 0 Å². The molecule has 3 heteroatoms. The Bertz CT molecular complexity index is 578. The molecule has 0 amide bonds. The zero-order valence-corrected chi connectivity index (χ0v) is 9.96. The normalized spacial score (nSPS) is 10.3. The predicted molar refractivity (Wildman–Crippen MR) is 67.0 cm³/mol. The summed E-state index contributed by atoms with van der Waals surface area (Å²) in [7, 11) is 0. The minimum Gasteiger partial charge on any atom is -0.298 e. The van der Waals surface area contributed by atoms with E-state index in [1.54, 1.807) is 24.3 Å². The molecule has 0 radical (unpaired) electrons. The van der Waals surface area contributed by atoms with E-state index in [9.17, 15) is 9.18 Å². The molecule has 2 rings (SSSR count). The highest BCUT2D eigenvalue weighted by Crippen LogP contribution is 2.28. The van der Waals surface area contributed by atoms with Crippen LogP contribution in [0, 0.1) is 12.7 Å². The van der Waals surface area contributed by atoms with Crippen molar-refractivity contribution in [2.24, 2.45) is 0 Å². The van der Waals surface area contributed by atoms with E-state index in [1.165, 1.54) is 12.1 Å². The Morgan fingerprint density at radius 3 is 2.59 bits per heavy atom. The van der Waals surface area contributed by atoms with Crippen LogP contribution in [0.1, 0.15) is 15.9 Å². The molecule has 0 heterocycles. The topological polar surface area (TPSA) is 17.1 Å². The Balaban J connectivity index is 2.67. The van der Waals surface area contributed by atoms with E-state index in [0.29, 0.717) is 21.7 Å². The molecular weight excluding hydrogens is 239 g/mol. The molecule has 17 heavy (non-hydrogen) atoms. The zero-order valence-electron chi connectivity index (χ0n) is 9.21. The number of hydrogen-bond acceptors (Lipinski definition) is 1. The second-order valence-electron chi connectivity index (χ2n) is 3.81. The Morgan fingerprint density at radius 1 is 1.12 bits per heavy atom. The SMILES string of the molecule is Cc1ccc(F)cc1-c1ccc(Cl)cc1C=O. The standard InChI is InChI=1S/C14H10ClFO/c1-9-2-4-12(16)7-14(9)13-5-3-11(15)6-10(13)8-17/h2-8H,1H3. The van der Waals surface area contributed by atoms with Gasteiger partial charge in [-0.15, -0.1) is 0 Å². The van der Waals surface area contributed by atoms with Crippen molar-refractivity contribution in [1.82, 2.24) is 0 Å². The summed E-state index contributed by atoms with van der Waals surface area (Å²) >= 11 is 5.82. The average molecular weight is 249 g/mol. The summed E-state index contributed by atoms with van der Waals surface area (Å²) in [5.74, 6) is -0.322. The molecule has 0 atom stereocenters. The number of rotatable bonds is 2. The summed E-state index contributed by atoms with van der Waals surface area (Å²) in [6.07, 6.45) is 0.728. The molecule has 1 nitrogen and oxygen atoms in total. The summed E-state index contributed by atoms with van der Waals surface area (Å²) in [4.78, 5) is 11.0. The Kier molecular flexibility index (Phi) is 3.25. The van der Waals surface area contributed by atoms with Crippen LogP contribution in [0.4, 0.5) is 4.39 Å². The fourth-order valence-corrected chi connectivity index (χ4v) is 1.94. The van der Waals surface area contributed by atoms with Crippen LogP contribution in [0.15, 0.2) is 36.4 Å². The van der Waals surface area contributed by atoms with E-state index in [2.05, 4.69) is 0 Å². The quantitative estimate of drug-likeness (QED) is 0.726. The lowest BCUT2D eigenvalue weighted by atomic mass is 9.96. The smallest absolute Gasteiger partial charge is 0.150 e. The molecule has 0 fully saturated rings. The first-order valence-electron chi connectivity index (χ1n) is 5.13. The molecule has 0 aliphatic heterocycles. The van der Waals surface area contributed by atoms with Crippen molar-refractivity contribution in [3.8, 4) is 11.1 Å². The maximum Gasteiger partial charge on any atom is 0.150 e. The monoisotopic (exact) mass is 248 g/mol. The van der Waals surface area contributed by atoms with Crippen molar-refractivity contribution in [1.29, 1.82) is 0 Å². The third kappa shape index (κ3) is 2.37. The molecule has 2 aromatic carbocycles. The molecule has 0 saturated carbocycles. The van der Waals surface area contributed by atoms with Gasteiger partial charge in [-0.3, -0.25) is 4.79 Å². The first-order valence-corrected chi connectivity index (χ1v) is 5.51. The van der Waals surface area contributed by atoms with Crippen molar-refractivity contribution in [2.45, 2.75) is 6.92 Å². The predicted octanol–water partition coefficient (Wildman–Crippen LogP) is 4.27. The van der Waals surface area contributed by atoms with Gasteiger partial charge in [0.25, 0.3) is 0 Å². The molecule has 86 valence electrons. The van der Waals surface area contributed by atoms with Crippen LogP contribution in [0.5, 0.6) is 0 Å². The van der Waals surface area contributed by atoms with Crippen LogP contribution >= 0.6 is 11.6 Å². The lowest BCUT2D eigenvalue weighted by molar-refractivity contribution is 0.112. The lowest BCUT2D eigenvalue weighted by Crippen LogP contribution is -1.91. The van der Waals surface area contributed by atoms with Gasteiger partial charge in [0.1, 0.15) is 5.82 Å². The summed E-state index contributed by atoms with van der Waals surface area (Å²) < 4.78 is 13.2. The van der Waals surface area contributed by atoms with Gasteiger partial charge in [0.2, 0.25) is 0 Å². The molecule has 0 saturated heterocycles. The molecule has 0 bridgehead atoms. The molecular formula is C14H10ClFO. The molecule has 0 aromatic heterocycles. The van der Waals surface area contributed by atoms with E-state index in [1.807, 2.05) is 6.92 Å². The van der Waals surface area contributed by atoms with Gasteiger partial charge in [0.15, 0.2) is 6.29 Å². The number of hydrogen-bond donors (Lipinski definition) is 0. The van der Waals surface area contributed by atoms with Gasteiger partial charge in [-0.1, -0.05) is 23.7 Å². The van der Waals surface area contributed by atoms with Gasteiger partial charge in [0, 0.05) is 10.6 Å². The van der Waals surface area contributed by atoms with Crippen LogP contribution in [-0.4, -0.2) is 6.29 Å². The minimum atomic E-state index is -0.322. The zero-order chi connectivity index (χ0) is 12.4. The van der Waals surface area contributed by atoms with Gasteiger partial charge in [-0.05, 0) is 47.9 Å². The number of aldehydes is 1. The van der Waals surface area contributed by atoms with E-state index in [4.69, 9.17) is 11.6 Å². The van der Waals surface area contributed by atoms with Crippen molar-refractivity contribution < 1.29 is 9.18 Å². The maximum absolute atomic E-state index is 13.2. The van der Waals surface area contributed by atoms with Crippen LogP contribution < -0.4 is 0 Å². The lowest BCUT2D eigenvalue weighted by Gasteiger charge is -2.09. The van der Waals surface area contributed by atoms with Crippen molar-refractivity contribution in [3.63, 3.8) is 0 Å². The molecule has 0 spiro atoms. The highest BCUT2D eigenvalue weighted by atomic mass is 35.5. The second kappa shape index (κ2) is 4.68. The van der Waals surface area contributed by atoms with Gasteiger partial charge in [-0.25, -0.2) is 4.39 Å². The van der Waals surface area contributed by atoms with Crippen LogP contribution in [0.3, 0.4) is 0 Å². The van der Waals surface area contributed by atoms with Gasteiger partial charge < -0.3 is 0 Å². The third-order valence-electron chi connectivity index (χ3n) is 2.63. The van der Waals surface area contributed by atoms with E-state index in [-0.39, 0.29) is 5.82 Å². The number of aryl methyl sites for hydroxylation is 1. The fraction of sp³-hybridized carbons (Fsp3) is 0.0714. The highest BCUT2D eigenvalue weighted by molar-refractivity contribution is 6.31. The van der Waals surface area contributed by atoms with Gasteiger partial charge in [-0.2, -0.15) is 0 Å². The highest BCUT2D eigenvalue weighted by Gasteiger charge is 2.08. The first kappa shape index (κ1) is 11.8. The van der Waals surface area contributed by atoms with E-state index in [0.717, 1.165) is 11.8 Å². The average Bonchev–Trinajstić information content (AvgIpc) is 2.32.